The molecule has 21 heavy (non-hydrogen) atoms. The van der Waals surface area contributed by atoms with Crippen molar-refractivity contribution in [2.24, 2.45) is 7.05 Å². The zero-order valence-corrected chi connectivity index (χ0v) is 12.6. The second-order valence-electron chi connectivity index (χ2n) is 5.31. The largest absolute Gasteiger partial charge is 0.381 e. The Kier molecular flexibility index (Phi) is 3.46. The Bertz CT molecular complexity index is 720. The molecule has 0 amide bonds. The number of anilines is 1. The van der Waals surface area contributed by atoms with Crippen molar-refractivity contribution in [2.75, 3.05) is 18.8 Å². The first-order valence-corrected chi connectivity index (χ1v) is 8.26. The van der Waals surface area contributed by atoms with Crippen LogP contribution in [0.25, 0.3) is 0 Å². The zero-order valence-electron chi connectivity index (χ0n) is 11.8. The van der Waals surface area contributed by atoms with Crippen molar-refractivity contribution in [1.82, 2.24) is 13.9 Å². The lowest BCUT2D eigenvalue weighted by Crippen LogP contribution is -2.30. The number of rotatable bonds is 3. The van der Waals surface area contributed by atoms with Crippen LogP contribution in [0.2, 0.25) is 0 Å². The number of nitrogens with two attached hydrogens (primary N) is 1. The van der Waals surface area contributed by atoms with Gasteiger partial charge in [-0.25, -0.2) is 13.4 Å². The molecule has 1 unspecified atom stereocenters. The highest BCUT2D eigenvalue weighted by molar-refractivity contribution is 7.89. The summed E-state index contributed by atoms with van der Waals surface area (Å²) in [6.07, 6.45) is 2.24. The van der Waals surface area contributed by atoms with E-state index in [1.54, 1.807) is 7.05 Å². The van der Waals surface area contributed by atoms with Crippen molar-refractivity contribution >= 4 is 15.8 Å². The van der Waals surface area contributed by atoms with Gasteiger partial charge in [-0.1, -0.05) is 30.3 Å². The molecule has 1 aliphatic heterocycles. The van der Waals surface area contributed by atoms with E-state index in [1.165, 1.54) is 20.8 Å². The fourth-order valence-electron chi connectivity index (χ4n) is 2.82. The fraction of sp³-hybridized carbons (Fsp3) is 0.357. The van der Waals surface area contributed by atoms with Crippen LogP contribution in [-0.4, -0.2) is 35.4 Å². The van der Waals surface area contributed by atoms with E-state index in [0.717, 1.165) is 6.42 Å². The lowest BCUT2D eigenvalue weighted by molar-refractivity contribution is 0.466. The minimum absolute atomic E-state index is 0.0562. The molecule has 1 saturated heterocycles. The van der Waals surface area contributed by atoms with Crippen LogP contribution in [-0.2, 0) is 17.1 Å². The Morgan fingerprint density at radius 2 is 2.00 bits per heavy atom. The van der Waals surface area contributed by atoms with E-state index in [1.807, 2.05) is 30.3 Å². The summed E-state index contributed by atoms with van der Waals surface area (Å²) >= 11 is 0. The molecule has 2 N–H and O–H groups in total. The highest BCUT2D eigenvalue weighted by Crippen LogP contribution is 2.31. The molecule has 0 aliphatic carbocycles. The maximum absolute atomic E-state index is 12.7. The van der Waals surface area contributed by atoms with Crippen LogP contribution < -0.4 is 5.73 Å². The molecule has 1 aromatic heterocycles. The van der Waals surface area contributed by atoms with Gasteiger partial charge in [0.1, 0.15) is 0 Å². The summed E-state index contributed by atoms with van der Waals surface area (Å²) in [5.41, 5.74) is 6.88. The Hall–Kier alpha value is -1.86. The number of nitrogen functional groups attached to an aromatic ring is 1. The van der Waals surface area contributed by atoms with E-state index in [0.29, 0.717) is 13.1 Å². The smallest absolute Gasteiger partial charge is 0.262 e. The highest BCUT2D eigenvalue weighted by Gasteiger charge is 2.36. The van der Waals surface area contributed by atoms with Crippen LogP contribution in [0.5, 0.6) is 0 Å². The number of aryl methyl sites for hydroxylation is 1. The number of nitrogens with zero attached hydrogens (tertiary/aromatic N) is 3. The van der Waals surface area contributed by atoms with Gasteiger partial charge in [-0.15, -0.1) is 0 Å². The zero-order chi connectivity index (χ0) is 15.0. The summed E-state index contributed by atoms with van der Waals surface area (Å²) < 4.78 is 28.4. The van der Waals surface area contributed by atoms with Gasteiger partial charge in [0.25, 0.3) is 10.0 Å². The van der Waals surface area contributed by atoms with Crippen LogP contribution in [0.15, 0.2) is 41.7 Å². The van der Waals surface area contributed by atoms with Crippen molar-refractivity contribution < 1.29 is 8.42 Å². The number of hydrogen-bond donors (Lipinski definition) is 1. The predicted molar refractivity (Wildman–Crippen MR) is 80.2 cm³/mol. The molecule has 6 nitrogen and oxygen atoms in total. The second kappa shape index (κ2) is 5.16. The summed E-state index contributed by atoms with van der Waals surface area (Å²) in [5.74, 6) is 0.288. The first-order valence-electron chi connectivity index (χ1n) is 6.82. The molecule has 1 aliphatic rings. The van der Waals surface area contributed by atoms with Gasteiger partial charge in [-0.05, 0) is 17.9 Å². The van der Waals surface area contributed by atoms with Crippen LogP contribution in [0.1, 0.15) is 17.9 Å². The van der Waals surface area contributed by atoms with Gasteiger partial charge in [0.05, 0.1) is 6.33 Å². The summed E-state index contributed by atoms with van der Waals surface area (Å²) in [6, 6.07) is 10.00. The molecule has 112 valence electrons. The van der Waals surface area contributed by atoms with Gasteiger partial charge in [0.2, 0.25) is 0 Å². The van der Waals surface area contributed by atoms with Crippen LogP contribution in [0.4, 0.5) is 5.82 Å². The van der Waals surface area contributed by atoms with Crippen LogP contribution in [0, 0.1) is 0 Å². The maximum atomic E-state index is 12.7. The minimum atomic E-state index is -3.59. The predicted octanol–water partition coefficient (Wildman–Crippen LogP) is 1.18. The van der Waals surface area contributed by atoms with Crippen molar-refractivity contribution in [3.05, 3.63) is 42.2 Å². The molecule has 2 heterocycles. The second-order valence-corrected chi connectivity index (χ2v) is 7.16. The molecule has 1 aromatic carbocycles. The van der Waals surface area contributed by atoms with Gasteiger partial charge in [0.15, 0.2) is 10.8 Å². The summed E-state index contributed by atoms with van der Waals surface area (Å²) in [6.45, 7) is 0.990. The monoisotopic (exact) mass is 306 g/mol. The molecule has 3 rings (SSSR count). The average Bonchev–Trinajstić information content (AvgIpc) is 3.08. The van der Waals surface area contributed by atoms with Gasteiger partial charge < -0.3 is 10.3 Å². The van der Waals surface area contributed by atoms with E-state index in [-0.39, 0.29) is 16.8 Å². The first-order chi connectivity index (χ1) is 10.00. The summed E-state index contributed by atoms with van der Waals surface area (Å²) in [7, 11) is -1.95. The number of aromatic nitrogens is 2. The van der Waals surface area contributed by atoms with E-state index < -0.39 is 10.0 Å². The third-order valence-electron chi connectivity index (χ3n) is 3.92. The van der Waals surface area contributed by atoms with Gasteiger partial charge >= 0.3 is 0 Å². The number of hydrogen-bond acceptors (Lipinski definition) is 4. The fourth-order valence-corrected chi connectivity index (χ4v) is 4.51. The molecule has 1 fully saturated rings. The molecule has 0 radical (unpaired) electrons. The topological polar surface area (TPSA) is 81.2 Å². The third kappa shape index (κ3) is 2.43. The van der Waals surface area contributed by atoms with Crippen molar-refractivity contribution in [3.63, 3.8) is 0 Å². The van der Waals surface area contributed by atoms with Crippen molar-refractivity contribution in [2.45, 2.75) is 17.4 Å². The van der Waals surface area contributed by atoms with Gasteiger partial charge in [-0.2, -0.15) is 4.31 Å². The molecule has 0 saturated carbocycles. The molecule has 0 spiro atoms. The quantitative estimate of drug-likeness (QED) is 0.923. The van der Waals surface area contributed by atoms with E-state index >= 15 is 0 Å². The van der Waals surface area contributed by atoms with Crippen molar-refractivity contribution in [3.8, 4) is 0 Å². The van der Waals surface area contributed by atoms with E-state index in [4.69, 9.17) is 5.73 Å². The minimum Gasteiger partial charge on any atom is -0.381 e. The lowest BCUT2D eigenvalue weighted by Gasteiger charge is -2.17. The van der Waals surface area contributed by atoms with Gasteiger partial charge in [-0.3, -0.25) is 0 Å². The Balaban J connectivity index is 1.86. The third-order valence-corrected chi connectivity index (χ3v) is 5.91. The standard InChI is InChI=1S/C14H18N4O2S/c1-17-10-16-13(15)14(17)21(19,20)18-8-7-12(9-18)11-5-3-2-4-6-11/h2-6,10,12H,7-9,15H2,1H3. The van der Waals surface area contributed by atoms with Crippen LogP contribution >= 0.6 is 0 Å². The SMILES string of the molecule is Cn1cnc(N)c1S(=O)(=O)N1CCC(c2ccccc2)C1. The Labute approximate surface area is 124 Å². The highest BCUT2D eigenvalue weighted by atomic mass is 32.2. The molecular formula is C14H18N4O2S. The molecule has 1 atom stereocenters. The summed E-state index contributed by atoms with van der Waals surface area (Å²) in [4.78, 5) is 3.87. The molecule has 0 bridgehead atoms. The van der Waals surface area contributed by atoms with E-state index in [2.05, 4.69) is 4.98 Å². The normalized spacial score (nSPS) is 20.0. The van der Waals surface area contributed by atoms with E-state index in [9.17, 15) is 8.42 Å². The Morgan fingerprint density at radius 3 is 2.62 bits per heavy atom. The number of benzene rings is 1. The molecule has 7 heteroatoms. The molecule has 2 aromatic rings. The van der Waals surface area contributed by atoms with Gasteiger partial charge in [0, 0.05) is 20.1 Å². The summed E-state index contributed by atoms with van der Waals surface area (Å²) in [5, 5.41) is 0.0798. The maximum Gasteiger partial charge on any atom is 0.262 e. The first kappa shape index (κ1) is 14.1. The van der Waals surface area contributed by atoms with Crippen LogP contribution in [0.3, 0.4) is 0 Å². The number of sulfonamides is 1. The Morgan fingerprint density at radius 1 is 1.29 bits per heavy atom. The molecular weight excluding hydrogens is 288 g/mol. The average molecular weight is 306 g/mol. The number of imidazole rings is 1. The lowest BCUT2D eigenvalue weighted by atomic mass is 9.99. The van der Waals surface area contributed by atoms with Crippen molar-refractivity contribution in [1.29, 1.82) is 0 Å².